The maximum atomic E-state index is 12.3. The normalized spacial score (nSPS) is 10.3. The highest BCUT2D eigenvalue weighted by Gasteiger charge is 2.16. The van der Waals surface area contributed by atoms with E-state index in [9.17, 15) is 14.7 Å². The largest absolute Gasteiger partial charge is 0.507 e. The smallest absolute Gasteiger partial charge is 0.341 e. The molecule has 0 spiro atoms. The van der Waals surface area contributed by atoms with Crippen molar-refractivity contribution in [3.63, 3.8) is 0 Å². The second-order valence-corrected chi connectivity index (χ2v) is 5.79. The Kier molecular flexibility index (Phi) is 6.06. The fraction of sp³-hybridized carbons (Fsp3) is 0.176. The summed E-state index contributed by atoms with van der Waals surface area (Å²) in [6.45, 7) is 2.11. The number of benzene rings is 2. The summed E-state index contributed by atoms with van der Waals surface area (Å²) in [4.78, 5) is 24.2. The van der Waals surface area contributed by atoms with Gasteiger partial charge in [0.2, 0.25) is 0 Å². The summed E-state index contributed by atoms with van der Waals surface area (Å²) in [5.74, 6) is -1.34. The van der Waals surface area contributed by atoms with Crippen LogP contribution in [0.2, 0.25) is 10.0 Å². The highest BCUT2D eigenvalue weighted by molar-refractivity contribution is 6.37. The van der Waals surface area contributed by atoms with E-state index in [4.69, 9.17) is 27.9 Å². The highest BCUT2D eigenvalue weighted by atomic mass is 35.5. The topological polar surface area (TPSA) is 75.6 Å². The molecule has 2 N–H and O–H groups in total. The number of esters is 1. The van der Waals surface area contributed by atoms with Gasteiger partial charge in [-0.05, 0) is 42.8 Å². The molecule has 126 valence electrons. The Bertz CT molecular complexity index is 777. The Balaban J connectivity index is 2.20. The lowest BCUT2D eigenvalue weighted by molar-refractivity contribution is 0.0501. The molecule has 2 aromatic rings. The Hall–Kier alpha value is -2.24. The van der Waals surface area contributed by atoms with Crippen LogP contribution in [0.3, 0.4) is 0 Å². The van der Waals surface area contributed by atoms with Crippen molar-refractivity contribution in [3.05, 3.63) is 57.6 Å². The zero-order valence-electron chi connectivity index (χ0n) is 12.8. The Morgan fingerprint density at radius 1 is 1.12 bits per heavy atom. The molecular formula is C17H15Cl2NO4. The molecule has 7 heteroatoms. The zero-order valence-corrected chi connectivity index (χ0v) is 14.3. The molecule has 2 aromatic carbocycles. The molecule has 0 aromatic heterocycles. The van der Waals surface area contributed by atoms with Crippen molar-refractivity contribution in [2.24, 2.45) is 0 Å². The first-order chi connectivity index (χ1) is 11.4. The predicted molar refractivity (Wildman–Crippen MR) is 93.1 cm³/mol. The van der Waals surface area contributed by atoms with Crippen molar-refractivity contribution in [2.75, 3.05) is 11.9 Å². The number of hydrogen-bond acceptors (Lipinski definition) is 4. The minimum atomic E-state index is -0.657. The molecule has 5 nitrogen and oxygen atoms in total. The summed E-state index contributed by atoms with van der Waals surface area (Å²) in [5, 5.41) is 13.0. The van der Waals surface area contributed by atoms with Crippen LogP contribution in [0.25, 0.3) is 0 Å². The third-order valence-electron chi connectivity index (χ3n) is 3.09. The molecular weight excluding hydrogens is 353 g/mol. The van der Waals surface area contributed by atoms with Crippen molar-refractivity contribution in [3.8, 4) is 5.75 Å². The van der Waals surface area contributed by atoms with Gasteiger partial charge in [0.15, 0.2) is 0 Å². The molecule has 0 unspecified atom stereocenters. The molecule has 2 rings (SSSR count). The molecule has 0 aliphatic rings. The number of halogens is 2. The van der Waals surface area contributed by atoms with Gasteiger partial charge < -0.3 is 15.2 Å². The van der Waals surface area contributed by atoms with Gasteiger partial charge in [0.1, 0.15) is 11.3 Å². The van der Waals surface area contributed by atoms with Crippen LogP contribution in [0.5, 0.6) is 5.75 Å². The predicted octanol–water partition coefficient (Wildman–Crippen LogP) is 4.52. The number of phenolic OH excluding ortho intramolecular Hbond substituents is 1. The van der Waals surface area contributed by atoms with Crippen LogP contribution in [0.1, 0.15) is 34.1 Å². The lowest BCUT2D eigenvalue weighted by Crippen LogP contribution is -2.13. The second-order valence-electron chi connectivity index (χ2n) is 4.95. The monoisotopic (exact) mass is 367 g/mol. The number of aromatic hydroxyl groups is 1. The number of anilines is 1. The van der Waals surface area contributed by atoms with E-state index >= 15 is 0 Å². The van der Waals surface area contributed by atoms with Gasteiger partial charge in [-0.2, -0.15) is 0 Å². The standard InChI is InChI=1S/C17H15Cl2NO4/c1-2-7-24-17(23)13-9-11(4-6-15(13)21)20-16(22)12-5-3-10(18)8-14(12)19/h3-6,8-9,21H,2,7H2,1H3,(H,20,22). The van der Waals surface area contributed by atoms with E-state index in [1.54, 1.807) is 6.07 Å². The fourth-order valence-corrected chi connectivity index (χ4v) is 2.42. The average molecular weight is 368 g/mol. The van der Waals surface area contributed by atoms with Gasteiger partial charge in [-0.15, -0.1) is 0 Å². The van der Waals surface area contributed by atoms with Gasteiger partial charge in [0.05, 0.1) is 17.2 Å². The maximum absolute atomic E-state index is 12.3. The minimum Gasteiger partial charge on any atom is -0.507 e. The molecule has 0 aliphatic heterocycles. The lowest BCUT2D eigenvalue weighted by atomic mass is 10.1. The number of carbonyl (C=O) groups excluding carboxylic acids is 2. The average Bonchev–Trinajstić information content (AvgIpc) is 2.54. The zero-order chi connectivity index (χ0) is 17.7. The number of nitrogens with one attached hydrogen (secondary N) is 1. The van der Waals surface area contributed by atoms with E-state index in [0.717, 1.165) is 0 Å². The molecule has 24 heavy (non-hydrogen) atoms. The molecule has 0 radical (unpaired) electrons. The van der Waals surface area contributed by atoms with Gasteiger partial charge in [-0.3, -0.25) is 4.79 Å². The fourth-order valence-electron chi connectivity index (χ4n) is 1.92. The van der Waals surface area contributed by atoms with E-state index in [1.165, 1.54) is 30.3 Å². The SMILES string of the molecule is CCCOC(=O)c1cc(NC(=O)c2ccc(Cl)cc2Cl)ccc1O. The van der Waals surface area contributed by atoms with E-state index in [-0.39, 0.29) is 28.5 Å². The van der Waals surface area contributed by atoms with Crippen molar-refractivity contribution in [2.45, 2.75) is 13.3 Å². The van der Waals surface area contributed by atoms with Crippen LogP contribution in [0, 0.1) is 0 Å². The van der Waals surface area contributed by atoms with Crippen LogP contribution in [0.15, 0.2) is 36.4 Å². The van der Waals surface area contributed by atoms with Crippen molar-refractivity contribution < 1.29 is 19.4 Å². The van der Waals surface area contributed by atoms with Gasteiger partial charge in [-0.1, -0.05) is 30.1 Å². The molecule has 0 heterocycles. The molecule has 0 aliphatic carbocycles. The van der Waals surface area contributed by atoms with Crippen LogP contribution in [-0.2, 0) is 4.74 Å². The van der Waals surface area contributed by atoms with Crippen molar-refractivity contribution >= 4 is 40.8 Å². The van der Waals surface area contributed by atoms with Crippen LogP contribution >= 0.6 is 23.2 Å². The van der Waals surface area contributed by atoms with Gasteiger partial charge in [0.25, 0.3) is 5.91 Å². The number of ether oxygens (including phenoxy) is 1. The van der Waals surface area contributed by atoms with Crippen LogP contribution in [0.4, 0.5) is 5.69 Å². The Morgan fingerprint density at radius 3 is 2.54 bits per heavy atom. The lowest BCUT2D eigenvalue weighted by Gasteiger charge is -2.10. The van der Waals surface area contributed by atoms with Gasteiger partial charge in [0, 0.05) is 10.7 Å². The van der Waals surface area contributed by atoms with E-state index in [0.29, 0.717) is 17.1 Å². The van der Waals surface area contributed by atoms with E-state index < -0.39 is 11.9 Å². The Labute approximate surface area is 149 Å². The first-order valence-corrected chi connectivity index (χ1v) is 7.94. The van der Waals surface area contributed by atoms with E-state index in [1.807, 2.05) is 6.92 Å². The number of rotatable bonds is 5. The number of hydrogen-bond donors (Lipinski definition) is 2. The Morgan fingerprint density at radius 2 is 1.88 bits per heavy atom. The maximum Gasteiger partial charge on any atom is 0.341 e. The van der Waals surface area contributed by atoms with Gasteiger partial charge in [-0.25, -0.2) is 4.79 Å². The molecule has 0 bridgehead atoms. The van der Waals surface area contributed by atoms with Crippen molar-refractivity contribution in [1.29, 1.82) is 0 Å². The quantitative estimate of drug-likeness (QED) is 0.601. The summed E-state index contributed by atoms with van der Waals surface area (Å²) >= 11 is 11.8. The van der Waals surface area contributed by atoms with Crippen molar-refractivity contribution in [1.82, 2.24) is 0 Å². The molecule has 0 atom stereocenters. The van der Waals surface area contributed by atoms with Crippen LogP contribution in [-0.4, -0.2) is 23.6 Å². The summed E-state index contributed by atoms with van der Waals surface area (Å²) in [7, 11) is 0. The third-order valence-corrected chi connectivity index (χ3v) is 3.64. The minimum absolute atomic E-state index is 0.0246. The van der Waals surface area contributed by atoms with E-state index in [2.05, 4.69) is 5.32 Å². The molecule has 0 saturated carbocycles. The molecule has 0 saturated heterocycles. The molecule has 0 fully saturated rings. The highest BCUT2D eigenvalue weighted by Crippen LogP contribution is 2.25. The second kappa shape index (κ2) is 8.04. The van der Waals surface area contributed by atoms with Gasteiger partial charge >= 0.3 is 5.97 Å². The first kappa shape index (κ1) is 18.1. The third kappa shape index (κ3) is 4.40. The summed E-state index contributed by atoms with van der Waals surface area (Å²) in [6.07, 6.45) is 0.665. The number of phenols is 1. The van der Waals surface area contributed by atoms with Crippen LogP contribution < -0.4 is 5.32 Å². The summed E-state index contributed by atoms with van der Waals surface area (Å²) in [5.41, 5.74) is 0.542. The summed E-state index contributed by atoms with van der Waals surface area (Å²) in [6, 6.07) is 8.62. The number of amides is 1. The number of carbonyl (C=O) groups is 2. The molecule has 1 amide bonds. The summed E-state index contributed by atoms with van der Waals surface area (Å²) < 4.78 is 4.99. The first-order valence-electron chi connectivity index (χ1n) is 7.19.